The molecule has 1 nitrogen and oxygen atoms in total. The zero-order valence-electron chi connectivity index (χ0n) is 11.7. The normalized spacial score (nSPS) is 26.1. The molecular weight excluding hydrogens is 266 g/mol. The molecule has 0 fully saturated rings. The molecule has 2 aromatic rings. The van der Waals surface area contributed by atoms with Crippen molar-refractivity contribution in [3.63, 3.8) is 0 Å². The van der Waals surface area contributed by atoms with E-state index >= 15 is 0 Å². The molecule has 2 bridgehead atoms. The average Bonchev–Trinajstić information content (AvgIpc) is 2.65. The molecule has 2 aromatic carbocycles. The molecule has 0 radical (unpaired) electrons. The molecular formula is C18H20ClN. The van der Waals surface area contributed by atoms with Crippen LogP contribution in [0.2, 0.25) is 0 Å². The Balaban J connectivity index is 0.00000121. The fourth-order valence-corrected chi connectivity index (χ4v) is 3.92. The Bertz CT molecular complexity index is 637. The van der Waals surface area contributed by atoms with Crippen molar-refractivity contribution in [2.45, 2.75) is 37.8 Å². The molecule has 0 amide bonds. The highest BCUT2D eigenvalue weighted by atomic mass is 35.5. The van der Waals surface area contributed by atoms with Gasteiger partial charge in [-0.25, -0.2) is 0 Å². The van der Waals surface area contributed by atoms with Crippen molar-refractivity contribution in [2.24, 2.45) is 0 Å². The van der Waals surface area contributed by atoms with E-state index in [1.54, 1.807) is 0 Å². The molecule has 2 heterocycles. The summed E-state index contributed by atoms with van der Waals surface area (Å²) in [5.41, 5.74) is 6.22. The highest BCUT2D eigenvalue weighted by Gasteiger charge is 2.43. The van der Waals surface area contributed by atoms with Crippen molar-refractivity contribution in [1.82, 2.24) is 5.32 Å². The van der Waals surface area contributed by atoms with Crippen LogP contribution in [0.15, 0.2) is 48.5 Å². The van der Waals surface area contributed by atoms with Gasteiger partial charge in [0.15, 0.2) is 0 Å². The number of rotatable bonds is 1. The number of hydrogen-bond acceptors (Lipinski definition) is 1. The zero-order chi connectivity index (χ0) is 12.9. The van der Waals surface area contributed by atoms with E-state index in [1.807, 2.05) is 0 Å². The summed E-state index contributed by atoms with van der Waals surface area (Å²) >= 11 is 0. The van der Waals surface area contributed by atoms with Crippen LogP contribution in [0.4, 0.5) is 0 Å². The van der Waals surface area contributed by atoms with Gasteiger partial charge in [0.25, 0.3) is 0 Å². The highest BCUT2D eigenvalue weighted by molar-refractivity contribution is 5.85. The summed E-state index contributed by atoms with van der Waals surface area (Å²) in [6.45, 7) is 2.31. The van der Waals surface area contributed by atoms with Gasteiger partial charge in [0, 0.05) is 11.6 Å². The van der Waals surface area contributed by atoms with Gasteiger partial charge in [-0.3, -0.25) is 5.32 Å². The summed E-state index contributed by atoms with van der Waals surface area (Å²) in [7, 11) is 0. The van der Waals surface area contributed by atoms with Gasteiger partial charge in [-0.1, -0.05) is 55.5 Å². The Labute approximate surface area is 126 Å². The van der Waals surface area contributed by atoms with Gasteiger partial charge in [0.05, 0.1) is 0 Å². The van der Waals surface area contributed by atoms with Crippen LogP contribution in [0, 0.1) is 0 Å². The fraction of sp³-hybridized carbons (Fsp3) is 0.333. The molecule has 2 heteroatoms. The average molecular weight is 286 g/mol. The minimum Gasteiger partial charge on any atom is -0.300 e. The minimum atomic E-state index is 0. The summed E-state index contributed by atoms with van der Waals surface area (Å²) in [4.78, 5) is 0. The smallest absolute Gasteiger partial charge is 0.0481 e. The van der Waals surface area contributed by atoms with E-state index in [4.69, 9.17) is 0 Å². The van der Waals surface area contributed by atoms with Gasteiger partial charge >= 0.3 is 0 Å². The highest BCUT2D eigenvalue weighted by Crippen LogP contribution is 2.45. The maximum absolute atomic E-state index is 3.93. The molecule has 0 spiro atoms. The summed E-state index contributed by atoms with van der Waals surface area (Å²) in [5.74, 6) is 0. The van der Waals surface area contributed by atoms with E-state index in [9.17, 15) is 0 Å². The van der Waals surface area contributed by atoms with Gasteiger partial charge in [0.2, 0.25) is 0 Å². The molecule has 0 aliphatic carbocycles. The molecule has 2 aliphatic heterocycles. The second-order valence-electron chi connectivity index (χ2n) is 5.87. The van der Waals surface area contributed by atoms with E-state index in [1.165, 1.54) is 22.3 Å². The predicted molar refractivity (Wildman–Crippen MR) is 85.4 cm³/mol. The van der Waals surface area contributed by atoms with Crippen molar-refractivity contribution < 1.29 is 0 Å². The van der Waals surface area contributed by atoms with E-state index < -0.39 is 0 Å². The van der Waals surface area contributed by atoms with Crippen LogP contribution in [0.25, 0.3) is 0 Å². The predicted octanol–water partition coefficient (Wildman–Crippen LogP) is 4.16. The van der Waals surface area contributed by atoms with Crippen molar-refractivity contribution in [1.29, 1.82) is 0 Å². The Morgan fingerprint density at radius 3 is 2.55 bits per heavy atom. The number of halogens is 1. The van der Waals surface area contributed by atoms with Gasteiger partial charge in [0.1, 0.15) is 0 Å². The minimum absolute atomic E-state index is 0. The molecule has 0 aromatic heterocycles. The second-order valence-corrected chi connectivity index (χ2v) is 5.87. The summed E-state index contributed by atoms with van der Waals surface area (Å²) in [6, 6.07) is 18.4. The second kappa shape index (κ2) is 4.91. The first-order chi connectivity index (χ1) is 9.32. The molecule has 0 saturated heterocycles. The number of benzene rings is 2. The fourth-order valence-electron chi connectivity index (χ4n) is 3.92. The van der Waals surface area contributed by atoms with Crippen LogP contribution in [0.5, 0.6) is 0 Å². The van der Waals surface area contributed by atoms with Crippen LogP contribution in [0.1, 0.15) is 41.6 Å². The molecule has 2 unspecified atom stereocenters. The van der Waals surface area contributed by atoms with E-state index in [2.05, 4.69) is 60.8 Å². The summed E-state index contributed by atoms with van der Waals surface area (Å²) in [6.07, 6.45) is 3.39. The van der Waals surface area contributed by atoms with Crippen LogP contribution in [-0.2, 0) is 18.4 Å². The third-order valence-corrected chi connectivity index (χ3v) is 4.94. The lowest BCUT2D eigenvalue weighted by atomic mass is 9.79. The van der Waals surface area contributed by atoms with Crippen molar-refractivity contribution in [3.8, 4) is 0 Å². The Morgan fingerprint density at radius 2 is 1.75 bits per heavy atom. The van der Waals surface area contributed by atoms with Gasteiger partial charge < -0.3 is 0 Å². The lowest BCUT2D eigenvalue weighted by Gasteiger charge is -2.30. The van der Waals surface area contributed by atoms with E-state index in [-0.39, 0.29) is 17.9 Å². The van der Waals surface area contributed by atoms with Crippen LogP contribution < -0.4 is 5.32 Å². The third-order valence-electron chi connectivity index (χ3n) is 4.94. The monoisotopic (exact) mass is 285 g/mol. The number of hydrogen-bond donors (Lipinski definition) is 1. The van der Waals surface area contributed by atoms with Crippen molar-refractivity contribution in [2.75, 3.05) is 0 Å². The first-order valence-electron chi connectivity index (χ1n) is 7.26. The quantitative estimate of drug-likeness (QED) is 0.830. The van der Waals surface area contributed by atoms with Crippen LogP contribution in [-0.4, -0.2) is 0 Å². The Morgan fingerprint density at radius 1 is 1.05 bits per heavy atom. The first-order valence-corrected chi connectivity index (χ1v) is 7.26. The number of nitrogens with one attached hydrogen (secondary N) is 1. The molecule has 104 valence electrons. The van der Waals surface area contributed by atoms with Crippen LogP contribution >= 0.6 is 12.4 Å². The third kappa shape index (κ3) is 1.81. The maximum Gasteiger partial charge on any atom is 0.0481 e. The summed E-state index contributed by atoms with van der Waals surface area (Å²) < 4.78 is 0. The largest absolute Gasteiger partial charge is 0.300 e. The topological polar surface area (TPSA) is 12.0 Å². The standard InChI is InChI=1S/C18H19N.ClH/c1-2-18-12-14-8-4-3-7-13(14)11-17(19-18)15-9-5-6-10-16(15)18;/h3-10,17,19H,2,11-12H2,1H3;1H. The van der Waals surface area contributed by atoms with E-state index in [0.29, 0.717) is 6.04 Å². The van der Waals surface area contributed by atoms with Gasteiger partial charge in [-0.2, -0.15) is 0 Å². The summed E-state index contributed by atoms with van der Waals surface area (Å²) in [5, 5.41) is 3.93. The first kappa shape index (κ1) is 13.7. The lowest BCUT2D eigenvalue weighted by molar-refractivity contribution is 0.323. The maximum atomic E-state index is 3.93. The number of fused-ring (bicyclic) bond motifs is 6. The van der Waals surface area contributed by atoms with Crippen molar-refractivity contribution >= 4 is 12.4 Å². The van der Waals surface area contributed by atoms with Gasteiger partial charge in [-0.15, -0.1) is 12.4 Å². The van der Waals surface area contributed by atoms with Gasteiger partial charge in [-0.05, 0) is 41.5 Å². The van der Waals surface area contributed by atoms with E-state index in [0.717, 1.165) is 19.3 Å². The lowest BCUT2D eigenvalue weighted by Crippen LogP contribution is -2.38. The van der Waals surface area contributed by atoms with Crippen LogP contribution in [0.3, 0.4) is 0 Å². The molecule has 20 heavy (non-hydrogen) atoms. The Hall–Kier alpha value is -1.31. The molecule has 2 aliphatic rings. The molecule has 1 N–H and O–H groups in total. The SMILES string of the molecule is CCC12Cc3ccccc3CC(N1)c1ccccc12.Cl. The zero-order valence-corrected chi connectivity index (χ0v) is 12.5. The molecule has 2 atom stereocenters. The Kier molecular flexibility index (Phi) is 3.35. The molecule has 4 rings (SSSR count). The van der Waals surface area contributed by atoms with Crippen molar-refractivity contribution in [3.05, 3.63) is 70.8 Å². The molecule has 0 saturated carbocycles.